The van der Waals surface area contributed by atoms with Crippen LogP contribution in [0, 0.1) is 5.82 Å². The molecular formula is C19H19BrFNO4. The first-order valence-corrected chi connectivity index (χ1v) is 8.47. The maximum atomic E-state index is 13.7. The predicted molar refractivity (Wildman–Crippen MR) is 101 cm³/mol. The number of methoxy groups -OCH3 is 3. The van der Waals surface area contributed by atoms with E-state index in [4.69, 9.17) is 14.2 Å². The molecule has 2 rings (SSSR count). The summed E-state index contributed by atoms with van der Waals surface area (Å²) in [6.07, 6.45) is 2.69. The number of hydrogen-bond acceptors (Lipinski definition) is 4. The van der Waals surface area contributed by atoms with Gasteiger partial charge in [0.1, 0.15) is 23.1 Å². The molecule has 2 aromatic rings. The molecule has 1 N–H and O–H groups in total. The second-order valence-electron chi connectivity index (χ2n) is 5.23. The Kier molecular flexibility index (Phi) is 7.03. The van der Waals surface area contributed by atoms with Crippen LogP contribution >= 0.6 is 15.9 Å². The van der Waals surface area contributed by atoms with Crippen molar-refractivity contribution in [2.24, 2.45) is 0 Å². The summed E-state index contributed by atoms with van der Waals surface area (Å²) >= 11 is 3.27. The zero-order valence-electron chi connectivity index (χ0n) is 14.6. The number of nitrogens with one attached hydrogen (secondary N) is 1. The number of benzene rings is 2. The SMILES string of the molecule is COc1cc(OC)c(CNC(=O)C=Cc2cc(Br)ccc2F)c(OC)c1. The summed E-state index contributed by atoms with van der Waals surface area (Å²) in [5, 5.41) is 2.73. The Bertz CT molecular complexity index is 798. The van der Waals surface area contributed by atoms with Gasteiger partial charge >= 0.3 is 0 Å². The van der Waals surface area contributed by atoms with Crippen LogP contribution in [-0.4, -0.2) is 27.2 Å². The van der Waals surface area contributed by atoms with E-state index in [9.17, 15) is 9.18 Å². The van der Waals surface area contributed by atoms with Gasteiger partial charge in [0, 0.05) is 28.2 Å². The third-order valence-corrected chi connectivity index (χ3v) is 4.12. The van der Waals surface area contributed by atoms with Crippen LogP contribution in [-0.2, 0) is 11.3 Å². The highest BCUT2D eigenvalue weighted by Gasteiger charge is 2.13. The van der Waals surface area contributed by atoms with Crippen molar-refractivity contribution in [2.75, 3.05) is 21.3 Å². The maximum Gasteiger partial charge on any atom is 0.244 e. The Hall–Kier alpha value is -2.54. The first-order valence-electron chi connectivity index (χ1n) is 7.68. The van der Waals surface area contributed by atoms with Gasteiger partial charge < -0.3 is 19.5 Å². The zero-order valence-corrected chi connectivity index (χ0v) is 16.2. The average Bonchev–Trinajstić information content (AvgIpc) is 2.66. The van der Waals surface area contributed by atoms with E-state index < -0.39 is 5.82 Å². The van der Waals surface area contributed by atoms with E-state index in [1.165, 1.54) is 32.4 Å². The van der Waals surface area contributed by atoms with Gasteiger partial charge in [-0.2, -0.15) is 0 Å². The Labute approximate surface area is 159 Å². The zero-order chi connectivity index (χ0) is 19.1. The van der Waals surface area contributed by atoms with Gasteiger partial charge in [-0.1, -0.05) is 15.9 Å². The molecule has 0 aliphatic carbocycles. The first-order chi connectivity index (χ1) is 12.5. The number of hydrogen-bond donors (Lipinski definition) is 1. The standard InChI is InChI=1S/C19H19BrFNO4/c1-24-14-9-17(25-2)15(18(10-14)26-3)11-22-19(23)7-4-12-8-13(20)5-6-16(12)21/h4-10H,11H2,1-3H3,(H,22,23). The van der Waals surface area contributed by atoms with Crippen LogP contribution in [0.4, 0.5) is 4.39 Å². The molecule has 2 aromatic carbocycles. The third-order valence-electron chi connectivity index (χ3n) is 3.63. The van der Waals surface area contributed by atoms with Crippen molar-refractivity contribution in [3.63, 3.8) is 0 Å². The van der Waals surface area contributed by atoms with Crippen molar-refractivity contribution in [1.82, 2.24) is 5.32 Å². The molecule has 0 aliphatic heterocycles. The first kappa shape index (κ1) is 19.8. The number of amides is 1. The van der Waals surface area contributed by atoms with Gasteiger partial charge in [-0.15, -0.1) is 0 Å². The molecule has 0 heterocycles. The molecule has 0 aliphatic rings. The van der Waals surface area contributed by atoms with Crippen LogP contribution in [0.15, 0.2) is 40.9 Å². The lowest BCUT2D eigenvalue weighted by molar-refractivity contribution is -0.116. The summed E-state index contributed by atoms with van der Waals surface area (Å²) in [5.74, 6) is 0.867. The minimum absolute atomic E-state index is 0.181. The molecule has 5 nitrogen and oxygen atoms in total. The molecule has 0 fully saturated rings. The second-order valence-corrected chi connectivity index (χ2v) is 6.14. The molecular weight excluding hydrogens is 405 g/mol. The highest BCUT2D eigenvalue weighted by atomic mass is 79.9. The van der Waals surface area contributed by atoms with Crippen LogP contribution in [0.1, 0.15) is 11.1 Å². The summed E-state index contributed by atoms with van der Waals surface area (Å²) < 4.78 is 30.3. The van der Waals surface area contributed by atoms with Crippen LogP contribution in [0.5, 0.6) is 17.2 Å². The van der Waals surface area contributed by atoms with Crippen LogP contribution in [0.25, 0.3) is 6.08 Å². The number of rotatable bonds is 7. The molecule has 0 atom stereocenters. The Morgan fingerprint density at radius 2 is 1.77 bits per heavy atom. The lowest BCUT2D eigenvalue weighted by Crippen LogP contribution is -2.21. The van der Waals surface area contributed by atoms with Crippen molar-refractivity contribution >= 4 is 27.9 Å². The van der Waals surface area contributed by atoms with Gasteiger partial charge in [0.25, 0.3) is 0 Å². The number of carbonyl (C=O) groups excluding carboxylic acids is 1. The van der Waals surface area contributed by atoms with Gasteiger partial charge in [0.05, 0.1) is 33.4 Å². The third kappa shape index (κ3) is 4.98. The smallest absolute Gasteiger partial charge is 0.244 e. The Balaban J connectivity index is 2.12. The minimum Gasteiger partial charge on any atom is -0.496 e. The summed E-state index contributed by atoms with van der Waals surface area (Å²) in [7, 11) is 4.59. The van der Waals surface area contributed by atoms with E-state index in [0.717, 1.165) is 4.47 Å². The van der Waals surface area contributed by atoms with E-state index in [0.29, 0.717) is 28.4 Å². The second kappa shape index (κ2) is 9.24. The fraction of sp³-hybridized carbons (Fsp3) is 0.211. The van der Waals surface area contributed by atoms with Crippen LogP contribution in [0.2, 0.25) is 0 Å². The van der Waals surface area contributed by atoms with Gasteiger partial charge in [-0.25, -0.2) is 4.39 Å². The van der Waals surface area contributed by atoms with E-state index in [1.54, 1.807) is 31.4 Å². The van der Waals surface area contributed by atoms with Crippen LogP contribution < -0.4 is 19.5 Å². The highest BCUT2D eigenvalue weighted by Crippen LogP contribution is 2.33. The molecule has 0 saturated heterocycles. The molecule has 138 valence electrons. The molecule has 0 saturated carbocycles. The van der Waals surface area contributed by atoms with Gasteiger partial charge in [-0.3, -0.25) is 4.79 Å². The molecule has 0 unspecified atom stereocenters. The Morgan fingerprint density at radius 3 is 2.35 bits per heavy atom. The molecule has 26 heavy (non-hydrogen) atoms. The lowest BCUT2D eigenvalue weighted by Gasteiger charge is -2.15. The van der Waals surface area contributed by atoms with Crippen LogP contribution in [0.3, 0.4) is 0 Å². The van der Waals surface area contributed by atoms with Gasteiger partial charge in [-0.05, 0) is 24.3 Å². The molecule has 0 radical (unpaired) electrons. The van der Waals surface area contributed by atoms with Crippen molar-refractivity contribution in [2.45, 2.75) is 6.54 Å². The van der Waals surface area contributed by atoms with Gasteiger partial charge in [0.15, 0.2) is 0 Å². The quantitative estimate of drug-likeness (QED) is 0.685. The van der Waals surface area contributed by atoms with Crippen molar-refractivity contribution in [1.29, 1.82) is 0 Å². The summed E-state index contributed by atoms with van der Waals surface area (Å²) in [4.78, 5) is 12.1. The lowest BCUT2D eigenvalue weighted by atomic mass is 10.1. The largest absolute Gasteiger partial charge is 0.496 e. The monoisotopic (exact) mass is 423 g/mol. The van der Waals surface area contributed by atoms with E-state index in [-0.39, 0.29) is 12.5 Å². The number of halogens is 2. The Morgan fingerprint density at radius 1 is 1.12 bits per heavy atom. The average molecular weight is 424 g/mol. The van der Waals surface area contributed by atoms with Gasteiger partial charge in [0.2, 0.25) is 5.91 Å². The molecule has 7 heteroatoms. The fourth-order valence-electron chi connectivity index (χ4n) is 2.29. The van der Waals surface area contributed by atoms with E-state index >= 15 is 0 Å². The predicted octanol–water partition coefficient (Wildman–Crippen LogP) is 3.94. The van der Waals surface area contributed by atoms with E-state index in [1.807, 2.05) is 0 Å². The number of ether oxygens (including phenoxy) is 3. The highest BCUT2D eigenvalue weighted by molar-refractivity contribution is 9.10. The normalized spacial score (nSPS) is 10.7. The minimum atomic E-state index is -0.407. The molecule has 0 spiro atoms. The van der Waals surface area contributed by atoms with E-state index in [2.05, 4.69) is 21.2 Å². The number of carbonyl (C=O) groups is 1. The van der Waals surface area contributed by atoms with Crippen molar-refractivity contribution < 1.29 is 23.4 Å². The summed E-state index contributed by atoms with van der Waals surface area (Å²) in [5.41, 5.74) is 0.986. The molecule has 1 amide bonds. The summed E-state index contributed by atoms with van der Waals surface area (Å²) in [6, 6.07) is 7.92. The van der Waals surface area contributed by atoms with Crippen molar-refractivity contribution in [3.05, 3.63) is 57.8 Å². The summed E-state index contributed by atoms with van der Waals surface area (Å²) in [6.45, 7) is 0.181. The maximum absolute atomic E-state index is 13.7. The molecule has 0 aromatic heterocycles. The fourth-order valence-corrected chi connectivity index (χ4v) is 2.67. The topological polar surface area (TPSA) is 56.8 Å². The molecule has 0 bridgehead atoms. The van der Waals surface area contributed by atoms with Crippen molar-refractivity contribution in [3.8, 4) is 17.2 Å².